The minimum absolute atomic E-state index is 0.308. The van der Waals surface area contributed by atoms with Crippen molar-refractivity contribution in [3.63, 3.8) is 0 Å². The second-order valence-electron chi connectivity index (χ2n) is 7.98. The van der Waals surface area contributed by atoms with E-state index in [1.165, 1.54) is 29.7 Å². The van der Waals surface area contributed by atoms with Gasteiger partial charge in [-0.1, -0.05) is 6.07 Å². The van der Waals surface area contributed by atoms with Crippen molar-refractivity contribution in [2.75, 3.05) is 18.5 Å². The molecule has 6 nitrogen and oxygen atoms in total. The Morgan fingerprint density at radius 3 is 3.04 bits per heavy atom. The Kier molecular flexibility index (Phi) is 4.53. The van der Waals surface area contributed by atoms with E-state index < -0.39 is 0 Å². The molecule has 0 aliphatic carbocycles. The third kappa shape index (κ3) is 3.32. The number of anilines is 1. The Balaban J connectivity index is 1.42. The van der Waals surface area contributed by atoms with Gasteiger partial charge < -0.3 is 10.1 Å². The Hall–Kier alpha value is -2.05. The SMILES string of the molecule is Cc1nc2c(c(NC[C@@H]3CCCO3)n1)[C@H]1CC[C@@H](C2)N1Cc1cccnc1. The quantitative estimate of drug-likeness (QED) is 0.879. The lowest BCUT2D eigenvalue weighted by Crippen LogP contribution is -2.38. The van der Waals surface area contributed by atoms with Gasteiger partial charge in [0.2, 0.25) is 0 Å². The predicted molar refractivity (Wildman–Crippen MR) is 103 cm³/mol. The van der Waals surface area contributed by atoms with Crippen LogP contribution in [-0.4, -0.2) is 45.1 Å². The highest BCUT2D eigenvalue weighted by Gasteiger charge is 2.42. The smallest absolute Gasteiger partial charge is 0.134 e. The number of rotatable bonds is 5. The average molecular weight is 365 g/mol. The fourth-order valence-corrected chi connectivity index (χ4v) is 4.93. The molecule has 5 heterocycles. The lowest BCUT2D eigenvalue weighted by molar-refractivity contribution is 0.120. The Labute approximate surface area is 160 Å². The van der Waals surface area contributed by atoms with Crippen LogP contribution in [0.5, 0.6) is 0 Å². The maximum atomic E-state index is 5.79. The van der Waals surface area contributed by atoms with Crippen molar-refractivity contribution in [3.8, 4) is 0 Å². The van der Waals surface area contributed by atoms with Crippen molar-refractivity contribution in [1.29, 1.82) is 0 Å². The van der Waals surface area contributed by atoms with E-state index in [0.717, 1.165) is 50.6 Å². The lowest BCUT2D eigenvalue weighted by atomic mass is 9.97. The Morgan fingerprint density at radius 2 is 2.22 bits per heavy atom. The van der Waals surface area contributed by atoms with E-state index in [9.17, 15) is 0 Å². The van der Waals surface area contributed by atoms with Gasteiger partial charge in [-0.3, -0.25) is 9.88 Å². The van der Waals surface area contributed by atoms with E-state index in [0.29, 0.717) is 18.2 Å². The van der Waals surface area contributed by atoms with Crippen molar-refractivity contribution < 1.29 is 4.74 Å². The van der Waals surface area contributed by atoms with Crippen molar-refractivity contribution in [1.82, 2.24) is 19.9 Å². The number of nitrogens with zero attached hydrogens (tertiary/aromatic N) is 4. The minimum Gasteiger partial charge on any atom is -0.376 e. The molecule has 27 heavy (non-hydrogen) atoms. The number of ether oxygens (including phenoxy) is 1. The first kappa shape index (κ1) is 17.1. The van der Waals surface area contributed by atoms with Crippen molar-refractivity contribution in [3.05, 3.63) is 47.2 Å². The molecule has 0 radical (unpaired) electrons. The molecule has 3 atom stereocenters. The highest BCUT2D eigenvalue weighted by atomic mass is 16.5. The van der Waals surface area contributed by atoms with Crippen molar-refractivity contribution >= 4 is 5.82 Å². The maximum Gasteiger partial charge on any atom is 0.134 e. The summed E-state index contributed by atoms with van der Waals surface area (Å²) in [5, 5.41) is 3.61. The third-order valence-electron chi connectivity index (χ3n) is 6.15. The van der Waals surface area contributed by atoms with Gasteiger partial charge >= 0.3 is 0 Å². The maximum absolute atomic E-state index is 5.79. The molecule has 0 spiro atoms. The van der Waals surface area contributed by atoms with Gasteiger partial charge in [0.05, 0.1) is 11.8 Å². The first-order chi connectivity index (χ1) is 13.3. The molecule has 2 aromatic rings. The Morgan fingerprint density at radius 1 is 1.26 bits per heavy atom. The van der Waals surface area contributed by atoms with Gasteiger partial charge in [0, 0.05) is 56.2 Å². The number of hydrogen-bond acceptors (Lipinski definition) is 6. The second kappa shape index (κ2) is 7.17. The zero-order chi connectivity index (χ0) is 18.2. The molecule has 3 aliphatic rings. The number of nitrogens with one attached hydrogen (secondary N) is 1. The summed E-state index contributed by atoms with van der Waals surface area (Å²) in [6.45, 7) is 4.67. The van der Waals surface area contributed by atoms with Gasteiger partial charge in [-0.25, -0.2) is 9.97 Å². The molecule has 5 rings (SSSR count). The highest BCUT2D eigenvalue weighted by molar-refractivity contribution is 5.51. The van der Waals surface area contributed by atoms with E-state index in [1.54, 1.807) is 0 Å². The molecular weight excluding hydrogens is 338 g/mol. The van der Waals surface area contributed by atoms with Crippen LogP contribution in [-0.2, 0) is 17.7 Å². The van der Waals surface area contributed by atoms with Crippen LogP contribution in [0.4, 0.5) is 5.82 Å². The average Bonchev–Trinajstić information content (AvgIpc) is 3.28. The van der Waals surface area contributed by atoms with Crippen LogP contribution in [0, 0.1) is 6.92 Å². The van der Waals surface area contributed by atoms with Gasteiger partial charge in [-0.15, -0.1) is 0 Å². The summed E-state index contributed by atoms with van der Waals surface area (Å²) in [5.74, 6) is 1.89. The summed E-state index contributed by atoms with van der Waals surface area (Å²) >= 11 is 0. The van der Waals surface area contributed by atoms with Crippen LogP contribution >= 0.6 is 0 Å². The topological polar surface area (TPSA) is 63.2 Å². The van der Waals surface area contributed by atoms with Gasteiger partial charge in [-0.2, -0.15) is 0 Å². The number of aromatic nitrogens is 3. The number of hydrogen-bond donors (Lipinski definition) is 1. The zero-order valence-electron chi connectivity index (χ0n) is 15.9. The fourth-order valence-electron chi connectivity index (χ4n) is 4.93. The van der Waals surface area contributed by atoms with Gasteiger partial charge in [-0.05, 0) is 44.2 Å². The molecular formula is C21H27N5O. The van der Waals surface area contributed by atoms with Crippen molar-refractivity contribution in [2.45, 2.75) is 63.8 Å². The monoisotopic (exact) mass is 365 g/mol. The predicted octanol–water partition coefficient (Wildman–Crippen LogP) is 3.03. The van der Waals surface area contributed by atoms with Crippen LogP contribution in [0.3, 0.4) is 0 Å². The number of pyridine rings is 1. The summed E-state index contributed by atoms with van der Waals surface area (Å²) in [7, 11) is 0. The molecule has 142 valence electrons. The largest absolute Gasteiger partial charge is 0.376 e. The van der Waals surface area contributed by atoms with Gasteiger partial charge in [0.15, 0.2) is 0 Å². The molecule has 2 bridgehead atoms. The van der Waals surface area contributed by atoms with Crippen LogP contribution in [0.2, 0.25) is 0 Å². The van der Waals surface area contributed by atoms with E-state index in [2.05, 4.69) is 21.3 Å². The Bertz CT molecular complexity index is 806. The van der Waals surface area contributed by atoms with E-state index in [1.807, 2.05) is 25.4 Å². The number of fused-ring (bicyclic) bond motifs is 4. The summed E-state index contributed by atoms with van der Waals surface area (Å²) in [6.07, 6.45) is 9.86. The zero-order valence-corrected chi connectivity index (χ0v) is 15.9. The van der Waals surface area contributed by atoms with Crippen LogP contribution in [0.25, 0.3) is 0 Å². The molecule has 0 aromatic carbocycles. The first-order valence-corrected chi connectivity index (χ1v) is 10.2. The summed E-state index contributed by atoms with van der Waals surface area (Å²) in [5.41, 5.74) is 3.84. The molecule has 0 amide bonds. The van der Waals surface area contributed by atoms with Gasteiger partial charge in [0.25, 0.3) is 0 Å². The van der Waals surface area contributed by atoms with Crippen LogP contribution < -0.4 is 5.32 Å². The molecule has 2 saturated heterocycles. The summed E-state index contributed by atoms with van der Waals surface area (Å²) in [6, 6.07) is 5.16. The molecule has 1 N–H and O–H groups in total. The molecule has 3 aliphatic heterocycles. The normalized spacial score (nSPS) is 26.9. The summed E-state index contributed by atoms with van der Waals surface area (Å²) < 4.78 is 5.79. The molecule has 0 saturated carbocycles. The molecule has 2 fully saturated rings. The van der Waals surface area contributed by atoms with E-state index in [-0.39, 0.29) is 0 Å². The second-order valence-corrected chi connectivity index (χ2v) is 7.98. The van der Waals surface area contributed by atoms with Crippen LogP contribution in [0.1, 0.15) is 54.4 Å². The third-order valence-corrected chi connectivity index (χ3v) is 6.15. The molecule has 6 heteroatoms. The summed E-state index contributed by atoms with van der Waals surface area (Å²) in [4.78, 5) is 16.5. The number of aryl methyl sites for hydroxylation is 1. The van der Waals surface area contributed by atoms with E-state index in [4.69, 9.17) is 14.7 Å². The van der Waals surface area contributed by atoms with Crippen LogP contribution in [0.15, 0.2) is 24.5 Å². The van der Waals surface area contributed by atoms with Gasteiger partial charge in [0.1, 0.15) is 11.6 Å². The minimum atomic E-state index is 0.308. The molecule has 2 aromatic heterocycles. The lowest BCUT2D eigenvalue weighted by Gasteiger charge is -2.36. The standard InChI is InChI=1S/C21H27N5O/c1-14-24-18-10-16-6-7-19(26(16)13-15-4-2-8-22-11-15)20(18)21(25-14)23-12-17-5-3-9-27-17/h2,4,8,11,16-17,19H,3,5-7,9-10,12-13H2,1H3,(H,23,24,25)/t16-,17-,19+/m0/s1. The first-order valence-electron chi connectivity index (χ1n) is 10.2. The van der Waals surface area contributed by atoms with Crippen molar-refractivity contribution in [2.24, 2.45) is 0 Å². The molecule has 0 unspecified atom stereocenters. The fraction of sp³-hybridized carbons (Fsp3) is 0.571. The van der Waals surface area contributed by atoms with E-state index >= 15 is 0 Å². The highest BCUT2D eigenvalue weighted by Crippen LogP contribution is 2.46.